The Morgan fingerprint density at radius 2 is 2.08 bits per heavy atom. The molecule has 0 saturated heterocycles. The Kier molecular flexibility index (Phi) is 2.66. The fraction of sp³-hybridized carbons (Fsp3) is 0.875. The van der Waals surface area contributed by atoms with Crippen LogP contribution in [-0.2, 0) is 10.6 Å². The molecule has 5 nitrogen and oxygen atoms in total. The molecule has 1 radical (unpaired) electrons. The van der Waals surface area contributed by atoms with E-state index in [-0.39, 0.29) is 5.54 Å². The second-order valence-electron chi connectivity index (χ2n) is 4.02. The van der Waals surface area contributed by atoms with Crippen molar-refractivity contribution >= 4 is 0 Å². The van der Waals surface area contributed by atoms with E-state index < -0.39 is 6.10 Å². The number of hydrogen-bond donors (Lipinski definition) is 0. The lowest BCUT2D eigenvalue weighted by molar-refractivity contribution is 0.0687. The minimum Gasteiger partial charge on any atom is -0.224 e. The highest BCUT2D eigenvalue weighted by atomic mass is 16.3. The highest BCUT2D eigenvalue weighted by Gasteiger charge is 2.24. The molecule has 0 aliphatic carbocycles. The average molecular weight is 183 g/mol. The van der Waals surface area contributed by atoms with Crippen molar-refractivity contribution in [2.45, 2.75) is 45.8 Å². The molecule has 5 heteroatoms. The fourth-order valence-corrected chi connectivity index (χ4v) is 1.06. The molecular formula is C8H15N4O. The van der Waals surface area contributed by atoms with Crippen LogP contribution in [0.15, 0.2) is 0 Å². The molecule has 1 aromatic rings. The molecule has 0 saturated carbocycles. The van der Waals surface area contributed by atoms with Crippen LogP contribution in [0.25, 0.3) is 0 Å². The minimum atomic E-state index is -0.825. The molecule has 1 unspecified atom stereocenters. The first kappa shape index (κ1) is 10.1. The summed E-state index contributed by atoms with van der Waals surface area (Å²) in [4.78, 5) is 0. The number of aromatic nitrogens is 4. The molecule has 1 rings (SSSR count). The first-order valence-corrected chi connectivity index (χ1v) is 4.41. The van der Waals surface area contributed by atoms with E-state index in [0.717, 1.165) is 0 Å². The highest BCUT2D eigenvalue weighted by Crippen LogP contribution is 2.19. The van der Waals surface area contributed by atoms with Gasteiger partial charge in [-0.3, -0.25) is 0 Å². The van der Waals surface area contributed by atoms with E-state index >= 15 is 0 Å². The predicted octanol–water partition coefficient (Wildman–Crippen LogP) is 1.31. The van der Waals surface area contributed by atoms with Crippen molar-refractivity contribution in [1.29, 1.82) is 0 Å². The Morgan fingerprint density at radius 3 is 2.54 bits per heavy atom. The van der Waals surface area contributed by atoms with Crippen molar-refractivity contribution in [3.63, 3.8) is 0 Å². The molecule has 73 valence electrons. The highest BCUT2D eigenvalue weighted by molar-refractivity contribution is 4.90. The van der Waals surface area contributed by atoms with Crippen LogP contribution in [0, 0.1) is 0 Å². The lowest BCUT2D eigenvalue weighted by Crippen LogP contribution is -2.26. The van der Waals surface area contributed by atoms with Crippen molar-refractivity contribution in [2.75, 3.05) is 0 Å². The van der Waals surface area contributed by atoms with Crippen LogP contribution in [0.4, 0.5) is 0 Å². The summed E-state index contributed by atoms with van der Waals surface area (Å²) >= 11 is 0. The smallest absolute Gasteiger partial charge is 0.184 e. The van der Waals surface area contributed by atoms with Crippen LogP contribution in [0.3, 0.4) is 0 Å². The van der Waals surface area contributed by atoms with Crippen LogP contribution >= 0.6 is 0 Å². The van der Waals surface area contributed by atoms with Crippen LogP contribution in [0.2, 0.25) is 0 Å². The van der Waals surface area contributed by atoms with Gasteiger partial charge in [0.15, 0.2) is 11.9 Å². The Labute approximate surface area is 77.8 Å². The molecule has 0 aliphatic heterocycles. The van der Waals surface area contributed by atoms with Gasteiger partial charge in [0.2, 0.25) is 0 Å². The summed E-state index contributed by atoms with van der Waals surface area (Å²) in [6.45, 7) is 7.74. The third-order valence-electron chi connectivity index (χ3n) is 1.79. The maximum Gasteiger partial charge on any atom is 0.184 e. The Morgan fingerprint density at radius 1 is 1.46 bits per heavy atom. The number of rotatable bonds is 2. The lowest BCUT2D eigenvalue weighted by atomic mass is 10.1. The first-order chi connectivity index (χ1) is 5.96. The summed E-state index contributed by atoms with van der Waals surface area (Å²) in [5.74, 6) is 0.426. The molecule has 0 aliphatic rings. The zero-order valence-corrected chi connectivity index (χ0v) is 8.48. The van der Waals surface area contributed by atoms with Crippen molar-refractivity contribution in [3.05, 3.63) is 5.82 Å². The second kappa shape index (κ2) is 3.41. The van der Waals surface area contributed by atoms with Crippen molar-refractivity contribution < 1.29 is 5.11 Å². The van der Waals surface area contributed by atoms with E-state index in [4.69, 9.17) is 0 Å². The van der Waals surface area contributed by atoms with Gasteiger partial charge in [0, 0.05) is 0 Å². The number of hydrogen-bond acceptors (Lipinski definition) is 3. The Hall–Kier alpha value is -0.970. The summed E-state index contributed by atoms with van der Waals surface area (Å²) in [6.07, 6.45) is -0.314. The van der Waals surface area contributed by atoms with Gasteiger partial charge in [-0.1, -0.05) is 6.92 Å². The molecular weight excluding hydrogens is 168 g/mol. The zero-order chi connectivity index (χ0) is 10.1. The molecule has 1 heterocycles. The molecule has 0 bridgehead atoms. The lowest BCUT2D eigenvalue weighted by Gasteiger charge is -2.20. The van der Waals surface area contributed by atoms with Crippen molar-refractivity contribution in [1.82, 2.24) is 20.2 Å². The van der Waals surface area contributed by atoms with Crippen LogP contribution < -0.4 is 0 Å². The summed E-state index contributed by atoms with van der Waals surface area (Å²) in [5, 5.41) is 22.5. The molecule has 0 amide bonds. The summed E-state index contributed by atoms with van der Waals surface area (Å²) in [6, 6.07) is 0. The van der Waals surface area contributed by atoms with Gasteiger partial charge in [-0.15, -0.1) is 5.10 Å². The molecule has 0 fully saturated rings. The van der Waals surface area contributed by atoms with Gasteiger partial charge >= 0.3 is 0 Å². The molecule has 0 N–H and O–H groups in total. The monoisotopic (exact) mass is 183 g/mol. The standard InChI is InChI=1S/C8H15N4O/c1-5-6(13)7-9-10-11-12(7)8(2,3)4/h6H,5H2,1-4H3. The second-order valence-corrected chi connectivity index (χ2v) is 4.02. The Balaban J connectivity index is 3.03. The van der Waals surface area contributed by atoms with Gasteiger partial charge in [-0.25, -0.2) is 9.79 Å². The van der Waals surface area contributed by atoms with E-state index in [9.17, 15) is 5.11 Å². The summed E-state index contributed by atoms with van der Waals surface area (Å²) in [7, 11) is 0. The molecule has 0 spiro atoms. The zero-order valence-electron chi connectivity index (χ0n) is 8.48. The SMILES string of the molecule is CCC([O])c1nnnn1C(C)(C)C. The average Bonchev–Trinajstić information content (AvgIpc) is 2.49. The topological polar surface area (TPSA) is 63.5 Å². The van der Waals surface area contributed by atoms with E-state index in [1.807, 2.05) is 27.7 Å². The minimum absolute atomic E-state index is 0.226. The summed E-state index contributed by atoms with van der Waals surface area (Å²) < 4.78 is 1.59. The van der Waals surface area contributed by atoms with E-state index in [2.05, 4.69) is 15.5 Å². The van der Waals surface area contributed by atoms with Gasteiger partial charge in [0.25, 0.3) is 0 Å². The normalized spacial score (nSPS) is 14.5. The van der Waals surface area contributed by atoms with Gasteiger partial charge < -0.3 is 0 Å². The van der Waals surface area contributed by atoms with E-state index in [1.54, 1.807) is 4.68 Å². The Bertz CT molecular complexity index is 276. The van der Waals surface area contributed by atoms with Crippen LogP contribution in [0.5, 0.6) is 0 Å². The van der Waals surface area contributed by atoms with Crippen LogP contribution in [0.1, 0.15) is 46.0 Å². The fourth-order valence-electron chi connectivity index (χ4n) is 1.06. The number of nitrogens with zero attached hydrogens (tertiary/aromatic N) is 4. The molecule has 1 aromatic heterocycles. The van der Waals surface area contributed by atoms with E-state index in [1.165, 1.54) is 0 Å². The largest absolute Gasteiger partial charge is 0.224 e. The third-order valence-corrected chi connectivity index (χ3v) is 1.79. The van der Waals surface area contributed by atoms with Gasteiger partial charge in [0.05, 0.1) is 5.54 Å². The van der Waals surface area contributed by atoms with Gasteiger partial charge in [-0.2, -0.15) is 0 Å². The quantitative estimate of drug-likeness (QED) is 0.694. The molecule has 13 heavy (non-hydrogen) atoms. The maximum atomic E-state index is 11.5. The molecule has 0 aromatic carbocycles. The van der Waals surface area contributed by atoms with Gasteiger partial charge in [-0.05, 0) is 37.6 Å². The predicted molar refractivity (Wildman–Crippen MR) is 46.5 cm³/mol. The summed E-state index contributed by atoms with van der Waals surface area (Å²) in [5.41, 5.74) is -0.226. The van der Waals surface area contributed by atoms with Crippen molar-refractivity contribution in [3.8, 4) is 0 Å². The molecule has 1 atom stereocenters. The van der Waals surface area contributed by atoms with Gasteiger partial charge in [0.1, 0.15) is 0 Å². The van der Waals surface area contributed by atoms with Crippen LogP contribution in [-0.4, -0.2) is 20.2 Å². The maximum absolute atomic E-state index is 11.5. The third kappa shape index (κ3) is 2.03. The first-order valence-electron chi connectivity index (χ1n) is 4.41. The van der Waals surface area contributed by atoms with E-state index in [0.29, 0.717) is 12.2 Å². The number of tetrazole rings is 1. The van der Waals surface area contributed by atoms with Crippen molar-refractivity contribution in [2.24, 2.45) is 0 Å².